The van der Waals surface area contributed by atoms with Crippen LogP contribution in [0.4, 0.5) is 14.5 Å². The Bertz CT molecular complexity index is 1490. The summed E-state index contributed by atoms with van der Waals surface area (Å²) in [7, 11) is 1.44. The number of imide groups is 2. The number of halogens is 3. The van der Waals surface area contributed by atoms with Gasteiger partial charge in [-0.1, -0.05) is 29.3 Å². The van der Waals surface area contributed by atoms with Crippen LogP contribution in [0.1, 0.15) is 31.2 Å². The topological polar surface area (TPSA) is 95.0 Å². The van der Waals surface area contributed by atoms with Crippen molar-refractivity contribution in [1.29, 1.82) is 0 Å². The van der Waals surface area contributed by atoms with Crippen LogP contribution in [0.25, 0.3) is 0 Å². The minimum atomic E-state index is -1.38. The second-order valence-electron chi connectivity index (χ2n) is 10.7. The molecule has 2 aliphatic carbocycles. The summed E-state index contributed by atoms with van der Waals surface area (Å²) < 4.78 is 28.5. The number of carbonyl (C=O) groups is 4. The number of nitrogens with zero attached hydrogens (tertiary/aromatic N) is 2. The lowest BCUT2D eigenvalue weighted by Gasteiger charge is -2.49. The maximum Gasteiger partial charge on any atom is 0.241 e. The van der Waals surface area contributed by atoms with E-state index in [1.54, 1.807) is 6.92 Å². The average Bonchev–Trinajstić information content (AvgIpc) is 3.22. The monoisotopic (exact) mass is 540 g/mol. The Kier molecular flexibility index (Phi) is 5.34. The van der Waals surface area contributed by atoms with Gasteiger partial charge in [-0.25, -0.2) is 13.7 Å². The van der Waals surface area contributed by atoms with E-state index in [9.17, 15) is 33.1 Å². The first kappa shape index (κ1) is 24.7. The number of aromatic hydroxyl groups is 1. The highest BCUT2D eigenvalue weighted by Gasteiger charge is 2.67. The SMILES string of the molecule is CN1C(=O)[C@H]2[C@H](CC=C3[C@H]2C[C@H]2C(=O)N(c4ccc(F)c(Cl)c4)C(=O)[C@@]2(C)[C@H]3c2ccc(O)c(F)c2)C1=O. The summed E-state index contributed by atoms with van der Waals surface area (Å²) in [6.45, 7) is 1.65. The standard InChI is InChI=1S/C28H23ClF2N2O5/c1-28-17(25(36)33(27(28)38)13-4-7-19(30)18(29)10-13)11-16-14(23(28)12-3-8-21(34)20(31)9-12)5-6-15-22(16)26(37)32(2)24(15)35/h3-5,7-10,15-17,22-23,34H,6,11H2,1-2H3/t15-,16+,17-,22-,23-,28+/m0/s1. The second kappa shape index (κ2) is 8.20. The first-order chi connectivity index (χ1) is 18.0. The Balaban J connectivity index is 1.54. The van der Waals surface area contributed by atoms with Gasteiger partial charge in [-0.05, 0) is 61.6 Å². The maximum atomic E-state index is 14.6. The van der Waals surface area contributed by atoms with Gasteiger partial charge in [0.25, 0.3) is 0 Å². The molecule has 2 aliphatic heterocycles. The van der Waals surface area contributed by atoms with Crippen molar-refractivity contribution in [3.8, 4) is 5.75 Å². The number of likely N-dealkylation sites (tertiary alicyclic amines) is 1. The zero-order valence-corrected chi connectivity index (χ0v) is 21.2. The largest absolute Gasteiger partial charge is 0.505 e. The number of phenols is 1. The van der Waals surface area contributed by atoms with E-state index in [4.69, 9.17) is 11.6 Å². The zero-order valence-electron chi connectivity index (χ0n) is 20.5. The first-order valence-corrected chi connectivity index (χ1v) is 12.7. The van der Waals surface area contributed by atoms with Crippen LogP contribution in [-0.2, 0) is 19.2 Å². The predicted molar refractivity (Wildman–Crippen MR) is 132 cm³/mol. The summed E-state index contributed by atoms with van der Waals surface area (Å²) in [4.78, 5) is 56.1. The van der Waals surface area contributed by atoms with Gasteiger partial charge in [0.15, 0.2) is 11.6 Å². The van der Waals surface area contributed by atoms with Crippen molar-refractivity contribution < 1.29 is 33.1 Å². The molecule has 4 amide bonds. The summed E-state index contributed by atoms with van der Waals surface area (Å²) in [6.07, 6.45) is 2.27. The van der Waals surface area contributed by atoms with Crippen molar-refractivity contribution in [2.75, 3.05) is 11.9 Å². The fourth-order valence-corrected chi connectivity index (χ4v) is 7.30. The lowest BCUT2D eigenvalue weighted by molar-refractivity contribution is -0.138. The van der Waals surface area contributed by atoms with Gasteiger partial charge in [-0.3, -0.25) is 24.1 Å². The molecule has 0 spiro atoms. The summed E-state index contributed by atoms with van der Waals surface area (Å²) in [6, 6.07) is 7.41. The normalized spacial score (nSPS) is 32.3. The molecule has 196 valence electrons. The second-order valence-corrected chi connectivity index (χ2v) is 11.1. The number of rotatable bonds is 2. The van der Waals surface area contributed by atoms with E-state index in [0.29, 0.717) is 11.1 Å². The number of amides is 4. The van der Waals surface area contributed by atoms with Crippen LogP contribution in [-0.4, -0.2) is 40.7 Å². The van der Waals surface area contributed by atoms with Gasteiger partial charge in [-0.2, -0.15) is 0 Å². The van der Waals surface area contributed by atoms with E-state index < -0.39 is 64.2 Å². The summed E-state index contributed by atoms with van der Waals surface area (Å²) >= 11 is 5.96. The molecule has 6 atom stereocenters. The van der Waals surface area contributed by atoms with E-state index in [2.05, 4.69) is 0 Å². The highest BCUT2D eigenvalue weighted by molar-refractivity contribution is 6.31. The summed E-state index contributed by atoms with van der Waals surface area (Å²) in [5.41, 5.74) is -0.202. The fourth-order valence-electron chi connectivity index (χ4n) is 7.13. The molecule has 1 saturated carbocycles. The molecule has 6 rings (SSSR count). The van der Waals surface area contributed by atoms with E-state index in [1.165, 1.54) is 31.3 Å². The molecule has 1 N–H and O–H groups in total. The smallest absolute Gasteiger partial charge is 0.241 e. The number of carbonyl (C=O) groups excluding carboxylic acids is 4. The van der Waals surface area contributed by atoms with E-state index in [1.807, 2.05) is 6.08 Å². The molecule has 4 aliphatic rings. The molecule has 0 radical (unpaired) electrons. The van der Waals surface area contributed by atoms with Gasteiger partial charge in [0, 0.05) is 13.0 Å². The first-order valence-electron chi connectivity index (χ1n) is 12.3. The summed E-state index contributed by atoms with van der Waals surface area (Å²) in [5, 5.41) is 9.57. The molecule has 2 saturated heterocycles. The molecule has 2 heterocycles. The number of fused-ring (bicyclic) bond motifs is 4. The number of hydrogen-bond acceptors (Lipinski definition) is 5. The van der Waals surface area contributed by atoms with Crippen LogP contribution >= 0.6 is 11.6 Å². The van der Waals surface area contributed by atoms with Crippen LogP contribution in [0.5, 0.6) is 5.75 Å². The van der Waals surface area contributed by atoms with E-state index in [0.717, 1.165) is 21.9 Å². The zero-order chi connectivity index (χ0) is 27.3. The Hall–Kier alpha value is -3.59. The molecule has 0 bridgehead atoms. The van der Waals surface area contributed by atoms with Crippen LogP contribution in [0.3, 0.4) is 0 Å². The number of benzene rings is 2. The van der Waals surface area contributed by atoms with Gasteiger partial charge in [0.1, 0.15) is 5.82 Å². The quantitative estimate of drug-likeness (QED) is 0.455. The minimum Gasteiger partial charge on any atom is -0.505 e. The van der Waals surface area contributed by atoms with Crippen LogP contribution in [0.2, 0.25) is 5.02 Å². The number of allylic oxidation sites excluding steroid dienone is 2. The fraction of sp³-hybridized carbons (Fsp3) is 0.357. The number of phenolic OH excluding ortho intramolecular Hbond substituents is 1. The third-order valence-electron chi connectivity index (χ3n) is 8.96. The maximum absolute atomic E-state index is 14.6. The van der Waals surface area contributed by atoms with Crippen molar-refractivity contribution in [2.24, 2.45) is 29.1 Å². The molecule has 0 aromatic heterocycles. The van der Waals surface area contributed by atoms with Crippen molar-refractivity contribution in [1.82, 2.24) is 4.90 Å². The van der Waals surface area contributed by atoms with Gasteiger partial charge in [0.2, 0.25) is 23.6 Å². The Morgan fingerprint density at radius 1 is 0.974 bits per heavy atom. The summed E-state index contributed by atoms with van der Waals surface area (Å²) in [5.74, 6) is -7.36. The number of anilines is 1. The molecule has 7 nitrogen and oxygen atoms in total. The van der Waals surface area contributed by atoms with E-state index >= 15 is 0 Å². The van der Waals surface area contributed by atoms with Crippen molar-refractivity contribution in [3.63, 3.8) is 0 Å². The van der Waals surface area contributed by atoms with Gasteiger partial charge < -0.3 is 5.11 Å². The van der Waals surface area contributed by atoms with Crippen LogP contribution in [0.15, 0.2) is 48.0 Å². The predicted octanol–water partition coefficient (Wildman–Crippen LogP) is 4.18. The minimum absolute atomic E-state index is 0.111. The molecule has 2 aromatic carbocycles. The third-order valence-corrected chi connectivity index (χ3v) is 9.25. The highest BCUT2D eigenvalue weighted by Crippen LogP contribution is 2.63. The van der Waals surface area contributed by atoms with Crippen molar-refractivity contribution in [2.45, 2.75) is 25.7 Å². The lowest BCUT2D eigenvalue weighted by Crippen LogP contribution is -2.48. The Morgan fingerprint density at radius 3 is 2.39 bits per heavy atom. The molecule has 2 aromatic rings. The molecular formula is C28H23ClF2N2O5. The van der Waals surface area contributed by atoms with E-state index in [-0.39, 0.29) is 35.4 Å². The average molecular weight is 541 g/mol. The van der Waals surface area contributed by atoms with Crippen molar-refractivity contribution >= 4 is 40.9 Å². The molecule has 0 unspecified atom stereocenters. The van der Waals surface area contributed by atoms with Crippen LogP contribution in [0, 0.1) is 40.7 Å². The van der Waals surface area contributed by atoms with Crippen molar-refractivity contribution in [3.05, 3.63) is 70.3 Å². The molecule has 3 fully saturated rings. The van der Waals surface area contributed by atoms with Gasteiger partial charge in [0.05, 0.1) is 33.9 Å². The van der Waals surface area contributed by atoms with Gasteiger partial charge >= 0.3 is 0 Å². The molecular weight excluding hydrogens is 518 g/mol. The molecule has 38 heavy (non-hydrogen) atoms. The molecule has 10 heteroatoms. The highest BCUT2D eigenvalue weighted by atomic mass is 35.5. The Labute approximate surface area is 221 Å². The van der Waals surface area contributed by atoms with Crippen LogP contribution < -0.4 is 4.90 Å². The third kappa shape index (κ3) is 3.11. The lowest BCUT2D eigenvalue weighted by atomic mass is 9.51. The number of hydrogen-bond donors (Lipinski definition) is 1. The Morgan fingerprint density at radius 2 is 1.71 bits per heavy atom. The van der Waals surface area contributed by atoms with Gasteiger partial charge in [-0.15, -0.1) is 0 Å².